The Kier molecular flexibility index (Phi) is 18.4. The number of amides is 2. The van der Waals surface area contributed by atoms with Gasteiger partial charge in [-0.25, -0.2) is 9.59 Å². The molecule has 6 aliphatic rings. The van der Waals surface area contributed by atoms with Crippen molar-refractivity contribution in [3.8, 4) is 11.5 Å². The summed E-state index contributed by atoms with van der Waals surface area (Å²) in [6, 6.07) is 22.1. The van der Waals surface area contributed by atoms with Crippen LogP contribution in [0, 0.1) is 10.8 Å². The third kappa shape index (κ3) is 12.9. The number of aliphatic hydroxyl groups excluding tert-OH is 2. The monoisotopic (exact) mass is 1150 g/mol. The Morgan fingerprint density at radius 1 is 0.573 bits per heavy atom. The number of alkyl halides is 6. The van der Waals surface area contributed by atoms with E-state index in [0.29, 0.717) is 84.5 Å². The number of hydrogen-bond donors (Lipinski definition) is 2. The van der Waals surface area contributed by atoms with Gasteiger partial charge in [-0.1, -0.05) is 24.3 Å². The van der Waals surface area contributed by atoms with Crippen molar-refractivity contribution in [3.63, 3.8) is 0 Å². The molecule has 4 heterocycles. The average Bonchev–Trinajstić information content (AvgIpc) is 3.54. The molecule has 4 fully saturated rings. The van der Waals surface area contributed by atoms with Crippen molar-refractivity contribution in [1.82, 2.24) is 19.6 Å². The van der Waals surface area contributed by atoms with Gasteiger partial charge in [0, 0.05) is 23.2 Å². The normalized spacial score (nSPS) is 24.4. The number of halogens is 6. The van der Waals surface area contributed by atoms with E-state index in [9.17, 15) is 55.7 Å². The Hall–Kier alpha value is -6.22. The molecule has 2 saturated carbocycles. The van der Waals surface area contributed by atoms with Crippen LogP contribution in [0.2, 0.25) is 0 Å². The lowest BCUT2D eigenvalue weighted by atomic mass is 9.79. The van der Waals surface area contributed by atoms with Crippen LogP contribution in [-0.4, -0.2) is 131 Å². The summed E-state index contributed by atoms with van der Waals surface area (Å²) in [6.45, 7) is 10.7. The number of carbonyl (C=O) groups is 4. The highest BCUT2D eigenvalue weighted by molar-refractivity contribution is 5.90. The Morgan fingerprint density at radius 3 is 1.29 bits per heavy atom. The van der Waals surface area contributed by atoms with Gasteiger partial charge in [0.2, 0.25) is 11.8 Å². The van der Waals surface area contributed by atoms with Crippen LogP contribution in [0.15, 0.2) is 84.9 Å². The van der Waals surface area contributed by atoms with Gasteiger partial charge in [-0.05, 0) is 202 Å². The number of esters is 2. The maximum absolute atomic E-state index is 13.9. The van der Waals surface area contributed by atoms with Crippen LogP contribution in [-0.2, 0) is 44.5 Å². The van der Waals surface area contributed by atoms with Crippen LogP contribution in [0.25, 0.3) is 0 Å². The fourth-order valence-electron chi connectivity index (χ4n) is 13.4. The van der Waals surface area contributed by atoms with E-state index >= 15 is 0 Å². The van der Waals surface area contributed by atoms with Crippen molar-refractivity contribution in [2.45, 2.75) is 153 Å². The molecule has 0 spiro atoms. The Morgan fingerprint density at radius 2 is 0.951 bits per heavy atom. The van der Waals surface area contributed by atoms with Crippen LogP contribution < -0.4 is 9.47 Å². The van der Waals surface area contributed by atoms with Crippen LogP contribution in [0.3, 0.4) is 0 Å². The molecule has 2 amide bonds. The Labute approximate surface area is 474 Å². The van der Waals surface area contributed by atoms with E-state index in [2.05, 4.69) is 9.80 Å². The van der Waals surface area contributed by atoms with Crippen LogP contribution >= 0.6 is 0 Å². The van der Waals surface area contributed by atoms with Crippen molar-refractivity contribution in [2.24, 2.45) is 10.8 Å². The predicted molar refractivity (Wildman–Crippen MR) is 290 cm³/mol. The molecule has 0 unspecified atom stereocenters. The first-order chi connectivity index (χ1) is 39.0. The highest BCUT2D eigenvalue weighted by atomic mass is 19.4. The molecule has 0 bridgehead atoms. The molecule has 20 heteroatoms. The first-order valence-electron chi connectivity index (χ1n) is 28.7. The van der Waals surface area contributed by atoms with Crippen LogP contribution in [0.1, 0.15) is 158 Å². The van der Waals surface area contributed by atoms with Gasteiger partial charge in [-0.3, -0.25) is 9.59 Å². The van der Waals surface area contributed by atoms with E-state index in [1.54, 1.807) is 39.8 Å². The minimum absolute atomic E-state index is 0.00742. The lowest BCUT2D eigenvalue weighted by Gasteiger charge is -2.40. The quantitative estimate of drug-likeness (QED) is 0.102. The predicted octanol–water partition coefficient (Wildman–Crippen LogP) is 10.7. The number of likely N-dealkylation sites (tertiary alicyclic amines) is 2. The minimum atomic E-state index is -4.49. The van der Waals surface area contributed by atoms with Gasteiger partial charge in [0.1, 0.15) is 11.5 Å². The van der Waals surface area contributed by atoms with Gasteiger partial charge < -0.3 is 48.8 Å². The Bertz CT molecular complexity index is 2740. The van der Waals surface area contributed by atoms with E-state index in [4.69, 9.17) is 18.9 Å². The summed E-state index contributed by atoms with van der Waals surface area (Å²) in [5, 5.41) is 21.7. The average molecular weight is 1150 g/mol. The standard InChI is InChI=1S/2C31H37F3N2O5/c2*1-3-40-28(38)23-6-4-5-22(15-23)21-10-13-35(14-11-21)26-9-12-30(17-26,20(2)37)29(39)36-18-24-16-25(31(32,33)34)7-8-27(24)41-19-36/h2*4-8,15-16,20-21,26,37H,3,9-14,17-19H2,1-2H3/t20-,26+,30-;20-,26-,30+/m01/s1. The molecule has 82 heavy (non-hydrogen) atoms. The summed E-state index contributed by atoms with van der Waals surface area (Å²) in [6.07, 6.45) is -3.67. The molecule has 444 valence electrons. The summed E-state index contributed by atoms with van der Waals surface area (Å²) in [4.78, 5) is 59.7. The summed E-state index contributed by atoms with van der Waals surface area (Å²) in [5.74, 6) is 0.129. The van der Waals surface area contributed by atoms with Crippen molar-refractivity contribution >= 4 is 23.8 Å². The van der Waals surface area contributed by atoms with Gasteiger partial charge >= 0.3 is 24.3 Å². The smallest absolute Gasteiger partial charge is 0.416 e. The number of rotatable bonds is 12. The molecular formula is C62H74F6N4O10. The van der Waals surface area contributed by atoms with Gasteiger partial charge in [-0.2, -0.15) is 26.3 Å². The zero-order valence-corrected chi connectivity index (χ0v) is 46.9. The molecular weight excluding hydrogens is 1070 g/mol. The topological polar surface area (TPSA) is 159 Å². The molecule has 14 nitrogen and oxygen atoms in total. The van der Waals surface area contributed by atoms with Crippen molar-refractivity contribution < 1.29 is 74.7 Å². The van der Waals surface area contributed by atoms with E-state index in [0.717, 1.165) is 100 Å². The molecule has 2 aliphatic carbocycles. The molecule has 2 N–H and O–H groups in total. The second kappa shape index (κ2) is 24.9. The molecule has 4 aliphatic heterocycles. The van der Waals surface area contributed by atoms with Crippen LogP contribution in [0.5, 0.6) is 11.5 Å². The molecule has 6 atom stereocenters. The number of piperidine rings is 2. The van der Waals surface area contributed by atoms with Crippen molar-refractivity contribution in [2.75, 3.05) is 52.9 Å². The first kappa shape index (κ1) is 60.4. The van der Waals surface area contributed by atoms with Crippen molar-refractivity contribution in [1.29, 1.82) is 0 Å². The largest absolute Gasteiger partial charge is 0.473 e. The van der Waals surface area contributed by atoms with Gasteiger partial charge in [-0.15, -0.1) is 0 Å². The number of hydrogen-bond acceptors (Lipinski definition) is 12. The van der Waals surface area contributed by atoms with Crippen molar-refractivity contribution in [3.05, 3.63) is 129 Å². The van der Waals surface area contributed by atoms with Gasteiger partial charge in [0.25, 0.3) is 0 Å². The Balaban J connectivity index is 0.000000198. The second-order valence-electron chi connectivity index (χ2n) is 23.0. The SMILES string of the molecule is CCOC(=O)c1cccc(C2CCN([C@@H]3CC[C@@](C(=O)N4COc5ccc(C(F)(F)F)cc5C4)([C@@H](C)O)C3)CC2)c1.CCOC(=O)c1cccc(C2CCN([C@@H]3CC[C@@](C(=O)N4COc5ccc(C(F)(F)F)cc5C4)([C@H](C)O)C3)CC2)c1. The summed E-state index contributed by atoms with van der Waals surface area (Å²) in [5.41, 5.74) is 0.378. The fourth-order valence-corrected chi connectivity index (χ4v) is 13.4. The second-order valence-corrected chi connectivity index (χ2v) is 23.0. The number of fused-ring (bicyclic) bond motifs is 2. The molecule has 4 aromatic rings. The summed E-state index contributed by atoms with van der Waals surface area (Å²) in [7, 11) is 0. The van der Waals surface area contributed by atoms with E-state index in [1.807, 2.05) is 36.4 Å². The maximum atomic E-state index is 13.9. The third-order valence-electron chi connectivity index (χ3n) is 18.2. The first-order valence-corrected chi connectivity index (χ1v) is 28.7. The van der Waals surface area contributed by atoms with Gasteiger partial charge in [0.05, 0.1) is 71.6 Å². The minimum Gasteiger partial charge on any atom is -0.473 e. The molecule has 0 radical (unpaired) electrons. The lowest BCUT2D eigenvalue weighted by Crippen LogP contribution is -2.51. The number of aliphatic hydroxyl groups is 2. The molecule has 10 rings (SSSR count). The fraction of sp³-hybridized carbons (Fsp3) is 0.548. The maximum Gasteiger partial charge on any atom is 0.416 e. The molecule has 2 saturated heterocycles. The number of carbonyl (C=O) groups excluding carboxylic acids is 4. The molecule has 0 aromatic heterocycles. The highest BCUT2D eigenvalue weighted by Gasteiger charge is 2.54. The number of benzene rings is 4. The lowest BCUT2D eigenvalue weighted by molar-refractivity contribution is -0.154. The molecule has 4 aromatic carbocycles. The summed E-state index contributed by atoms with van der Waals surface area (Å²) >= 11 is 0. The van der Waals surface area contributed by atoms with E-state index < -0.39 is 46.5 Å². The van der Waals surface area contributed by atoms with E-state index in [1.165, 1.54) is 21.9 Å². The van der Waals surface area contributed by atoms with Gasteiger partial charge in [0.15, 0.2) is 13.5 Å². The summed E-state index contributed by atoms with van der Waals surface area (Å²) < 4.78 is 101. The number of ether oxygens (including phenoxy) is 4. The highest BCUT2D eigenvalue weighted by Crippen LogP contribution is 2.49. The van der Waals surface area contributed by atoms with E-state index in [-0.39, 0.29) is 62.4 Å². The zero-order chi connectivity index (χ0) is 58.7. The third-order valence-corrected chi connectivity index (χ3v) is 18.2. The number of nitrogens with zero attached hydrogens (tertiary/aromatic N) is 4. The van der Waals surface area contributed by atoms with Crippen LogP contribution in [0.4, 0.5) is 26.3 Å². The zero-order valence-electron chi connectivity index (χ0n) is 46.9.